The summed E-state index contributed by atoms with van der Waals surface area (Å²) in [5, 5.41) is 9.72. The number of carbonyl (C=O) groups excluding carboxylic acids is 1. The number of aliphatic imine (C=N–C) groups is 1. The minimum Gasteiger partial charge on any atom is -0.493 e. The summed E-state index contributed by atoms with van der Waals surface area (Å²) in [6.45, 7) is 4.09. The maximum absolute atomic E-state index is 12.1. The van der Waals surface area contributed by atoms with Gasteiger partial charge < -0.3 is 20.7 Å². The van der Waals surface area contributed by atoms with E-state index in [0.29, 0.717) is 31.5 Å². The minimum atomic E-state index is 0.120. The number of guanidine groups is 1. The molecule has 1 aromatic carbocycles. The van der Waals surface area contributed by atoms with Crippen molar-refractivity contribution in [1.82, 2.24) is 16.0 Å². The molecule has 0 bridgehead atoms. The predicted molar refractivity (Wildman–Crippen MR) is 117 cm³/mol. The summed E-state index contributed by atoms with van der Waals surface area (Å²) < 4.78 is 6.04. The van der Waals surface area contributed by atoms with Crippen LogP contribution in [0.5, 0.6) is 5.75 Å². The van der Waals surface area contributed by atoms with Crippen molar-refractivity contribution in [3.05, 3.63) is 29.3 Å². The van der Waals surface area contributed by atoms with E-state index in [0.717, 1.165) is 36.7 Å². The van der Waals surface area contributed by atoms with Gasteiger partial charge in [0, 0.05) is 38.2 Å². The molecule has 2 aliphatic rings. The van der Waals surface area contributed by atoms with Gasteiger partial charge in [0.1, 0.15) is 5.75 Å². The average Bonchev–Trinajstić information content (AvgIpc) is 3.55. The lowest BCUT2D eigenvalue weighted by Crippen LogP contribution is -2.41. The van der Waals surface area contributed by atoms with E-state index in [1.54, 1.807) is 7.05 Å². The number of rotatable bonds is 9. The Kier molecular flexibility index (Phi) is 8.20. The molecule has 6 heteroatoms. The number of nitrogens with one attached hydrogen (secondary N) is 3. The van der Waals surface area contributed by atoms with Gasteiger partial charge in [-0.1, -0.05) is 31.4 Å². The summed E-state index contributed by atoms with van der Waals surface area (Å²) in [6, 6.07) is 6.68. The molecule has 6 nitrogen and oxygen atoms in total. The zero-order chi connectivity index (χ0) is 20.5. The van der Waals surface area contributed by atoms with Crippen LogP contribution in [-0.4, -0.2) is 38.1 Å². The van der Waals surface area contributed by atoms with Gasteiger partial charge in [-0.25, -0.2) is 0 Å². The van der Waals surface area contributed by atoms with Gasteiger partial charge in [0.15, 0.2) is 5.96 Å². The molecule has 0 spiro atoms. The van der Waals surface area contributed by atoms with E-state index in [2.05, 4.69) is 46.1 Å². The molecule has 0 saturated heterocycles. The Morgan fingerprint density at radius 3 is 2.66 bits per heavy atom. The molecule has 2 saturated carbocycles. The molecule has 29 heavy (non-hydrogen) atoms. The number of nitrogens with zero attached hydrogens (tertiary/aromatic N) is 1. The van der Waals surface area contributed by atoms with Crippen LogP contribution in [0.15, 0.2) is 23.2 Å². The molecule has 0 atom stereocenters. The highest BCUT2D eigenvalue weighted by Gasteiger charge is 2.22. The van der Waals surface area contributed by atoms with Gasteiger partial charge in [-0.2, -0.15) is 0 Å². The molecule has 3 rings (SSSR count). The van der Waals surface area contributed by atoms with Gasteiger partial charge in [0.2, 0.25) is 5.91 Å². The number of hydrogen-bond acceptors (Lipinski definition) is 3. The average molecular weight is 401 g/mol. The third kappa shape index (κ3) is 7.59. The van der Waals surface area contributed by atoms with Crippen molar-refractivity contribution in [1.29, 1.82) is 0 Å². The van der Waals surface area contributed by atoms with Crippen molar-refractivity contribution in [2.45, 2.75) is 70.9 Å². The number of ether oxygens (including phenoxy) is 1. The van der Waals surface area contributed by atoms with Crippen molar-refractivity contribution in [2.24, 2.45) is 10.9 Å². The minimum absolute atomic E-state index is 0.120. The Morgan fingerprint density at radius 2 is 1.93 bits per heavy atom. The molecular formula is C23H36N4O2. The molecule has 0 aromatic heterocycles. The number of hydrogen-bond donors (Lipinski definition) is 3. The zero-order valence-electron chi connectivity index (χ0n) is 17.9. The summed E-state index contributed by atoms with van der Waals surface area (Å²) >= 11 is 0. The zero-order valence-corrected chi connectivity index (χ0v) is 17.9. The van der Waals surface area contributed by atoms with Crippen molar-refractivity contribution >= 4 is 11.9 Å². The maximum atomic E-state index is 12.1. The van der Waals surface area contributed by atoms with Crippen LogP contribution in [-0.2, 0) is 11.3 Å². The highest BCUT2D eigenvalue weighted by Crippen LogP contribution is 2.30. The van der Waals surface area contributed by atoms with Gasteiger partial charge in [0.25, 0.3) is 0 Å². The number of carbonyl (C=O) groups is 1. The van der Waals surface area contributed by atoms with Crippen molar-refractivity contribution in [3.63, 3.8) is 0 Å². The second-order valence-corrected chi connectivity index (χ2v) is 8.37. The van der Waals surface area contributed by atoms with E-state index >= 15 is 0 Å². The second-order valence-electron chi connectivity index (χ2n) is 8.37. The Hall–Kier alpha value is -2.24. The monoisotopic (exact) mass is 400 g/mol. The molecule has 1 aromatic rings. The summed E-state index contributed by atoms with van der Waals surface area (Å²) in [5.74, 6) is 2.50. The Labute approximate surface area is 174 Å². The number of amides is 1. The van der Waals surface area contributed by atoms with E-state index in [-0.39, 0.29) is 5.91 Å². The van der Waals surface area contributed by atoms with Gasteiger partial charge in [0.05, 0.1) is 6.61 Å². The van der Waals surface area contributed by atoms with Gasteiger partial charge >= 0.3 is 0 Å². The molecule has 0 radical (unpaired) electrons. The summed E-state index contributed by atoms with van der Waals surface area (Å²) in [7, 11) is 1.75. The highest BCUT2D eigenvalue weighted by atomic mass is 16.5. The standard InChI is InChI=1S/C23H36N4O2/c1-17-8-11-19(21(14-17)29-16-18-9-10-18)15-26-23(24-2)25-13-12-22(28)27-20-6-4-3-5-7-20/h8,11,14,18,20H,3-7,9-10,12-13,15-16H2,1-2H3,(H,27,28)(H2,24,25,26). The van der Waals surface area contributed by atoms with Crippen LogP contribution in [0.4, 0.5) is 0 Å². The second kappa shape index (κ2) is 11.1. The summed E-state index contributed by atoms with van der Waals surface area (Å²) in [4.78, 5) is 16.4. The summed E-state index contributed by atoms with van der Waals surface area (Å²) in [5.41, 5.74) is 2.32. The fourth-order valence-electron chi connectivity index (χ4n) is 3.68. The molecule has 0 unspecified atom stereocenters. The number of aryl methyl sites for hydroxylation is 1. The van der Waals surface area contributed by atoms with Crippen LogP contribution in [0.1, 0.15) is 62.5 Å². The first-order chi connectivity index (χ1) is 14.1. The largest absolute Gasteiger partial charge is 0.493 e. The molecule has 0 aliphatic heterocycles. The van der Waals surface area contributed by atoms with Gasteiger partial charge in [-0.05, 0) is 50.2 Å². The first-order valence-electron chi connectivity index (χ1n) is 11.1. The highest BCUT2D eigenvalue weighted by molar-refractivity contribution is 5.81. The quantitative estimate of drug-likeness (QED) is 0.439. The van der Waals surface area contributed by atoms with Crippen LogP contribution in [0.3, 0.4) is 0 Å². The molecule has 1 amide bonds. The number of benzene rings is 1. The molecule has 2 aliphatic carbocycles. The van der Waals surface area contributed by atoms with Crippen LogP contribution in [0.2, 0.25) is 0 Å². The molecule has 2 fully saturated rings. The lowest BCUT2D eigenvalue weighted by molar-refractivity contribution is -0.121. The Bertz CT molecular complexity index is 694. The lowest BCUT2D eigenvalue weighted by Gasteiger charge is -2.22. The normalized spacial score (nSPS) is 17.7. The van der Waals surface area contributed by atoms with Crippen LogP contribution < -0.4 is 20.7 Å². The third-order valence-corrected chi connectivity index (χ3v) is 5.68. The fraction of sp³-hybridized carbons (Fsp3) is 0.652. The molecular weight excluding hydrogens is 364 g/mol. The van der Waals surface area contributed by atoms with Crippen LogP contribution in [0.25, 0.3) is 0 Å². The van der Waals surface area contributed by atoms with Crippen molar-refractivity contribution in [2.75, 3.05) is 20.2 Å². The van der Waals surface area contributed by atoms with E-state index < -0.39 is 0 Å². The Balaban J connectivity index is 1.40. The third-order valence-electron chi connectivity index (χ3n) is 5.68. The SMILES string of the molecule is CN=C(NCCC(=O)NC1CCCCC1)NCc1ccc(C)cc1OCC1CC1. The van der Waals surface area contributed by atoms with Gasteiger partial charge in [-0.3, -0.25) is 9.79 Å². The van der Waals surface area contributed by atoms with Crippen LogP contribution in [0, 0.1) is 12.8 Å². The first kappa shape index (κ1) is 21.5. The topological polar surface area (TPSA) is 74.8 Å². The van der Waals surface area contributed by atoms with Crippen LogP contribution >= 0.6 is 0 Å². The molecule has 160 valence electrons. The van der Waals surface area contributed by atoms with E-state index in [9.17, 15) is 4.79 Å². The van der Waals surface area contributed by atoms with Crippen molar-refractivity contribution in [3.8, 4) is 5.75 Å². The first-order valence-corrected chi connectivity index (χ1v) is 11.1. The van der Waals surface area contributed by atoms with E-state index in [1.165, 1.54) is 37.7 Å². The smallest absolute Gasteiger partial charge is 0.221 e. The Morgan fingerprint density at radius 1 is 1.14 bits per heavy atom. The predicted octanol–water partition coefficient (Wildman–Crippen LogP) is 3.29. The molecule has 0 heterocycles. The van der Waals surface area contributed by atoms with E-state index in [1.807, 2.05) is 0 Å². The maximum Gasteiger partial charge on any atom is 0.221 e. The fourth-order valence-corrected chi connectivity index (χ4v) is 3.68. The summed E-state index contributed by atoms with van der Waals surface area (Å²) in [6.07, 6.45) is 9.00. The van der Waals surface area contributed by atoms with Crippen molar-refractivity contribution < 1.29 is 9.53 Å². The van der Waals surface area contributed by atoms with E-state index in [4.69, 9.17) is 4.74 Å². The molecule has 3 N–H and O–H groups in total. The van der Waals surface area contributed by atoms with Gasteiger partial charge in [-0.15, -0.1) is 0 Å². The lowest BCUT2D eigenvalue weighted by atomic mass is 9.95.